The lowest BCUT2D eigenvalue weighted by Gasteiger charge is -2.14. The van der Waals surface area contributed by atoms with E-state index in [1.807, 2.05) is 0 Å². The molecular weight excluding hydrogens is 404 g/mol. The third kappa shape index (κ3) is 4.00. The summed E-state index contributed by atoms with van der Waals surface area (Å²) in [6, 6.07) is 15.4. The van der Waals surface area contributed by atoms with Gasteiger partial charge in [0, 0.05) is 4.47 Å². The number of fused-ring (bicyclic) bond motifs is 1. The van der Waals surface area contributed by atoms with Gasteiger partial charge in [0.05, 0.1) is 0 Å². The van der Waals surface area contributed by atoms with Crippen molar-refractivity contribution < 1.29 is 0 Å². The highest BCUT2D eigenvalue weighted by Crippen LogP contribution is 2.34. The van der Waals surface area contributed by atoms with Crippen LogP contribution in [0.1, 0.15) is 44.5 Å². The number of hydrogen-bond acceptors (Lipinski definition) is 0. The van der Waals surface area contributed by atoms with Crippen LogP contribution >= 0.6 is 15.9 Å². The molecule has 0 radical (unpaired) electrons. The summed E-state index contributed by atoms with van der Waals surface area (Å²) in [5.74, 6) is 0. The molecule has 0 nitrogen and oxygen atoms in total. The molecule has 3 aromatic rings. The van der Waals surface area contributed by atoms with Gasteiger partial charge in [-0.1, -0.05) is 64.5 Å². The van der Waals surface area contributed by atoms with Crippen LogP contribution in [0.4, 0.5) is 0 Å². The summed E-state index contributed by atoms with van der Waals surface area (Å²) in [4.78, 5) is 0. The van der Waals surface area contributed by atoms with Gasteiger partial charge in [0.25, 0.3) is 0 Å². The SMILES string of the molecule is Cc1ccc(-c2cccc3c2C=CC3)c(C)c1C.Cc1ccc(Br)c(C)c1C. The van der Waals surface area contributed by atoms with E-state index in [4.69, 9.17) is 0 Å². The van der Waals surface area contributed by atoms with Crippen molar-refractivity contribution >= 4 is 22.0 Å². The summed E-state index contributed by atoms with van der Waals surface area (Å²) in [6.07, 6.45) is 5.59. The topological polar surface area (TPSA) is 0 Å². The molecule has 1 aliphatic carbocycles. The summed E-state index contributed by atoms with van der Waals surface area (Å²) in [6.45, 7) is 13.0. The van der Waals surface area contributed by atoms with Gasteiger partial charge < -0.3 is 0 Å². The van der Waals surface area contributed by atoms with Crippen LogP contribution in [0.5, 0.6) is 0 Å². The Morgan fingerprint density at radius 1 is 0.643 bits per heavy atom. The van der Waals surface area contributed by atoms with Gasteiger partial charge in [0.2, 0.25) is 0 Å². The molecule has 0 aliphatic heterocycles. The first-order chi connectivity index (χ1) is 13.3. The molecular formula is C27H29Br. The molecule has 0 saturated carbocycles. The van der Waals surface area contributed by atoms with Gasteiger partial charge >= 0.3 is 0 Å². The third-order valence-corrected chi connectivity index (χ3v) is 7.02. The molecule has 0 atom stereocenters. The smallest absolute Gasteiger partial charge is 0.0207 e. The monoisotopic (exact) mass is 432 g/mol. The van der Waals surface area contributed by atoms with Gasteiger partial charge in [-0.2, -0.15) is 0 Å². The van der Waals surface area contributed by atoms with Gasteiger partial charge in [0.1, 0.15) is 0 Å². The standard InChI is InChI=1S/C18H18.C9H11Br/c1-12-10-11-16(14(3)13(12)2)18-9-5-7-15-6-4-8-17(15)18;1-6-4-5-9(10)8(3)7(6)2/h4-5,7-11H,6H2,1-3H3;4-5H,1-3H3. The molecule has 0 heterocycles. The minimum Gasteiger partial charge on any atom is -0.0795 e. The fraction of sp³-hybridized carbons (Fsp3) is 0.259. The van der Waals surface area contributed by atoms with E-state index >= 15 is 0 Å². The predicted octanol–water partition coefficient (Wildman–Crippen LogP) is 8.22. The zero-order chi connectivity index (χ0) is 20.4. The fourth-order valence-electron chi connectivity index (χ4n) is 3.70. The minimum atomic E-state index is 1.08. The van der Waals surface area contributed by atoms with Crippen molar-refractivity contribution in [2.75, 3.05) is 0 Å². The summed E-state index contributed by atoms with van der Waals surface area (Å²) in [7, 11) is 0. The van der Waals surface area contributed by atoms with Gasteiger partial charge in [-0.05, 0) is 110 Å². The zero-order valence-corrected chi connectivity index (χ0v) is 19.4. The lowest BCUT2D eigenvalue weighted by molar-refractivity contribution is 1.25. The lowest BCUT2D eigenvalue weighted by atomic mass is 9.90. The van der Waals surface area contributed by atoms with Crippen molar-refractivity contribution in [1.82, 2.24) is 0 Å². The van der Waals surface area contributed by atoms with Crippen LogP contribution in [0.3, 0.4) is 0 Å². The van der Waals surface area contributed by atoms with Crippen LogP contribution in [0, 0.1) is 41.5 Å². The van der Waals surface area contributed by atoms with E-state index in [0.717, 1.165) is 6.42 Å². The van der Waals surface area contributed by atoms with Crippen molar-refractivity contribution in [2.24, 2.45) is 0 Å². The Morgan fingerprint density at radius 3 is 1.96 bits per heavy atom. The first kappa shape index (κ1) is 20.6. The number of hydrogen-bond donors (Lipinski definition) is 0. The Balaban J connectivity index is 0.000000192. The normalized spacial score (nSPS) is 11.8. The Kier molecular flexibility index (Phi) is 6.25. The molecule has 3 aromatic carbocycles. The second kappa shape index (κ2) is 8.49. The van der Waals surface area contributed by atoms with Crippen molar-refractivity contribution in [3.8, 4) is 11.1 Å². The summed E-state index contributed by atoms with van der Waals surface area (Å²) < 4.78 is 1.20. The van der Waals surface area contributed by atoms with E-state index in [-0.39, 0.29) is 0 Å². The van der Waals surface area contributed by atoms with Crippen molar-refractivity contribution in [1.29, 1.82) is 0 Å². The fourth-order valence-corrected chi connectivity index (χ4v) is 4.13. The Hall–Kier alpha value is -2.12. The first-order valence-electron chi connectivity index (χ1n) is 9.89. The van der Waals surface area contributed by atoms with E-state index in [1.165, 1.54) is 60.1 Å². The molecule has 0 unspecified atom stereocenters. The van der Waals surface area contributed by atoms with Crippen LogP contribution < -0.4 is 0 Å². The number of allylic oxidation sites excluding steroid dienone is 1. The maximum atomic E-state index is 3.48. The average Bonchev–Trinajstić information content (AvgIpc) is 3.17. The molecule has 144 valence electrons. The number of rotatable bonds is 1. The van der Waals surface area contributed by atoms with Crippen LogP contribution in [0.15, 0.2) is 53.0 Å². The van der Waals surface area contributed by atoms with Crippen molar-refractivity contribution in [3.63, 3.8) is 0 Å². The third-order valence-electron chi connectivity index (χ3n) is 6.16. The van der Waals surface area contributed by atoms with E-state index in [9.17, 15) is 0 Å². The van der Waals surface area contributed by atoms with Gasteiger partial charge in [-0.15, -0.1) is 0 Å². The Morgan fingerprint density at radius 2 is 1.29 bits per heavy atom. The maximum Gasteiger partial charge on any atom is 0.0207 e. The highest BCUT2D eigenvalue weighted by atomic mass is 79.9. The van der Waals surface area contributed by atoms with E-state index < -0.39 is 0 Å². The molecule has 0 spiro atoms. The molecule has 0 bridgehead atoms. The van der Waals surface area contributed by atoms with Crippen molar-refractivity contribution in [2.45, 2.75) is 48.0 Å². The number of aryl methyl sites for hydroxylation is 2. The van der Waals surface area contributed by atoms with E-state index in [1.54, 1.807) is 0 Å². The summed E-state index contributed by atoms with van der Waals surface area (Å²) >= 11 is 3.48. The molecule has 0 N–H and O–H groups in total. The lowest BCUT2D eigenvalue weighted by Crippen LogP contribution is -1.93. The first-order valence-corrected chi connectivity index (χ1v) is 10.7. The van der Waals surface area contributed by atoms with Crippen molar-refractivity contribution in [3.05, 3.63) is 97.5 Å². The molecule has 0 saturated heterocycles. The zero-order valence-electron chi connectivity index (χ0n) is 17.8. The maximum absolute atomic E-state index is 3.48. The molecule has 0 amide bonds. The molecule has 1 aliphatic rings. The van der Waals surface area contributed by atoms with Crippen LogP contribution in [0.2, 0.25) is 0 Å². The quantitative estimate of drug-likeness (QED) is 0.363. The number of halogens is 1. The largest absolute Gasteiger partial charge is 0.0795 e. The number of benzene rings is 3. The Labute approximate surface area is 178 Å². The highest BCUT2D eigenvalue weighted by Gasteiger charge is 2.13. The second-order valence-electron chi connectivity index (χ2n) is 7.78. The van der Waals surface area contributed by atoms with Gasteiger partial charge in [-0.3, -0.25) is 0 Å². The van der Waals surface area contributed by atoms with Crippen LogP contribution in [0.25, 0.3) is 17.2 Å². The van der Waals surface area contributed by atoms with E-state index in [0.29, 0.717) is 0 Å². The summed E-state index contributed by atoms with van der Waals surface area (Å²) in [5, 5.41) is 0. The second-order valence-corrected chi connectivity index (χ2v) is 8.63. The molecule has 4 rings (SSSR count). The van der Waals surface area contributed by atoms with Gasteiger partial charge in [-0.25, -0.2) is 0 Å². The van der Waals surface area contributed by atoms with Crippen LogP contribution in [-0.2, 0) is 6.42 Å². The molecule has 0 aromatic heterocycles. The van der Waals surface area contributed by atoms with E-state index in [2.05, 4.69) is 112 Å². The summed E-state index contributed by atoms with van der Waals surface area (Å²) in [5.41, 5.74) is 13.9. The minimum absolute atomic E-state index is 1.08. The van der Waals surface area contributed by atoms with Gasteiger partial charge in [0.15, 0.2) is 0 Å². The molecule has 28 heavy (non-hydrogen) atoms. The van der Waals surface area contributed by atoms with Crippen LogP contribution in [-0.4, -0.2) is 0 Å². The molecule has 1 heteroatoms. The predicted molar refractivity (Wildman–Crippen MR) is 127 cm³/mol. The molecule has 0 fully saturated rings. The Bertz CT molecular complexity index is 1030. The highest BCUT2D eigenvalue weighted by molar-refractivity contribution is 9.10. The average molecular weight is 433 g/mol.